The van der Waals surface area contributed by atoms with Gasteiger partial charge in [0.15, 0.2) is 5.82 Å². The van der Waals surface area contributed by atoms with Gasteiger partial charge in [-0.05, 0) is 48.4 Å². The zero-order valence-electron chi connectivity index (χ0n) is 14.3. The molecule has 5 nitrogen and oxygen atoms in total. The van der Waals surface area contributed by atoms with Crippen LogP contribution < -0.4 is 4.90 Å². The molecular formula is C19H20N4OS. The number of thiophene rings is 1. The highest BCUT2D eigenvalue weighted by Gasteiger charge is 2.28. The van der Waals surface area contributed by atoms with Crippen LogP contribution in [-0.4, -0.2) is 34.1 Å². The minimum atomic E-state index is 0.0760. The van der Waals surface area contributed by atoms with Crippen LogP contribution in [0.25, 0.3) is 11.4 Å². The predicted molar refractivity (Wildman–Crippen MR) is 99.8 cm³/mol. The summed E-state index contributed by atoms with van der Waals surface area (Å²) in [4.78, 5) is 15.9. The van der Waals surface area contributed by atoms with Crippen LogP contribution in [0.15, 0.2) is 47.4 Å². The third kappa shape index (κ3) is 3.55. The van der Waals surface area contributed by atoms with Crippen LogP contribution in [0.3, 0.4) is 0 Å². The van der Waals surface area contributed by atoms with E-state index in [-0.39, 0.29) is 12.2 Å². The van der Waals surface area contributed by atoms with Crippen molar-refractivity contribution in [2.75, 3.05) is 18.0 Å². The van der Waals surface area contributed by atoms with E-state index >= 15 is 0 Å². The summed E-state index contributed by atoms with van der Waals surface area (Å²) in [7, 11) is 0. The van der Waals surface area contributed by atoms with Gasteiger partial charge in [0.25, 0.3) is 0 Å². The summed E-state index contributed by atoms with van der Waals surface area (Å²) in [6.07, 6.45) is 3.78. The maximum Gasteiger partial charge on any atom is 0.163 e. The van der Waals surface area contributed by atoms with Gasteiger partial charge in [-0.2, -0.15) is 11.3 Å². The minimum Gasteiger partial charge on any atom is -0.367 e. The van der Waals surface area contributed by atoms with Crippen molar-refractivity contribution in [3.05, 3.63) is 58.7 Å². The molecule has 0 spiro atoms. The van der Waals surface area contributed by atoms with Gasteiger partial charge < -0.3 is 9.64 Å². The largest absolute Gasteiger partial charge is 0.367 e. The van der Waals surface area contributed by atoms with Crippen LogP contribution in [0, 0.1) is 6.92 Å². The predicted octanol–water partition coefficient (Wildman–Crippen LogP) is 3.87. The fourth-order valence-corrected chi connectivity index (χ4v) is 3.82. The topological polar surface area (TPSA) is 51.1 Å². The highest BCUT2D eigenvalue weighted by Crippen LogP contribution is 2.30. The Morgan fingerprint density at radius 3 is 2.92 bits per heavy atom. The van der Waals surface area contributed by atoms with Crippen LogP contribution in [-0.2, 0) is 4.74 Å². The number of aryl methyl sites for hydroxylation is 1. The van der Waals surface area contributed by atoms with E-state index in [1.807, 2.05) is 25.1 Å². The molecule has 3 aromatic heterocycles. The molecule has 4 heterocycles. The number of aromatic nitrogens is 3. The number of anilines is 1. The lowest BCUT2D eigenvalue weighted by atomic mass is 10.1. The van der Waals surface area contributed by atoms with Crippen LogP contribution in [0.2, 0.25) is 0 Å². The second-order valence-electron chi connectivity index (χ2n) is 6.33. The number of morpholine rings is 1. The Bertz CT molecular complexity index is 838. The average molecular weight is 352 g/mol. The van der Waals surface area contributed by atoms with Crippen molar-refractivity contribution in [3.8, 4) is 11.4 Å². The number of nitrogens with zero attached hydrogens (tertiary/aromatic N) is 4. The lowest BCUT2D eigenvalue weighted by Gasteiger charge is -2.37. The Morgan fingerprint density at radius 1 is 1.24 bits per heavy atom. The molecule has 1 aliphatic rings. The maximum absolute atomic E-state index is 6.14. The van der Waals surface area contributed by atoms with Crippen molar-refractivity contribution in [2.24, 2.45) is 0 Å². The molecule has 6 heteroatoms. The fourth-order valence-electron chi connectivity index (χ4n) is 3.12. The van der Waals surface area contributed by atoms with Gasteiger partial charge in [0.05, 0.1) is 6.10 Å². The van der Waals surface area contributed by atoms with E-state index in [2.05, 4.69) is 38.6 Å². The third-order valence-corrected chi connectivity index (χ3v) is 4.96. The van der Waals surface area contributed by atoms with Crippen LogP contribution in [0.1, 0.15) is 24.3 Å². The number of ether oxygens (including phenoxy) is 1. The summed E-state index contributed by atoms with van der Waals surface area (Å²) in [6, 6.07) is 8.08. The third-order valence-electron chi connectivity index (χ3n) is 4.26. The highest BCUT2D eigenvalue weighted by atomic mass is 32.1. The van der Waals surface area contributed by atoms with Crippen molar-refractivity contribution in [3.63, 3.8) is 0 Å². The highest BCUT2D eigenvalue weighted by molar-refractivity contribution is 7.07. The fraction of sp³-hybridized carbons (Fsp3) is 0.316. The van der Waals surface area contributed by atoms with Crippen LogP contribution >= 0.6 is 11.3 Å². The zero-order chi connectivity index (χ0) is 17.2. The van der Waals surface area contributed by atoms with Gasteiger partial charge in [-0.1, -0.05) is 0 Å². The first-order valence-corrected chi connectivity index (χ1v) is 9.32. The van der Waals surface area contributed by atoms with Crippen LogP contribution in [0.5, 0.6) is 0 Å². The average Bonchev–Trinajstić information content (AvgIpc) is 3.16. The molecule has 4 rings (SSSR count). The Balaban J connectivity index is 1.65. The van der Waals surface area contributed by atoms with E-state index in [1.165, 1.54) is 5.56 Å². The van der Waals surface area contributed by atoms with E-state index in [9.17, 15) is 0 Å². The van der Waals surface area contributed by atoms with Gasteiger partial charge in [-0.15, -0.1) is 0 Å². The van der Waals surface area contributed by atoms with Crippen molar-refractivity contribution in [2.45, 2.75) is 26.1 Å². The molecule has 0 amide bonds. The van der Waals surface area contributed by atoms with Crippen molar-refractivity contribution >= 4 is 17.2 Å². The molecular weight excluding hydrogens is 332 g/mol. The van der Waals surface area contributed by atoms with Crippen molar-refractivity contribution in [1.82, 2.24) is 15.0 Å². The summed E-state index contributed by atoms with van der Waals surface area (Å²) in [5, 5.41) is 4.25. The van der Waals surface area contributed by atoms with Gasteiger partial charge >= 0.3 is 0 Å². The lowest BCUT2D eigenvalue weighted by Crippen LogP contribution is -2.43. The molecule has 1 aliphatic heterocycles. The van der Waals surface area contributed by atoms with E-state index < -0.39 is 0 Å². The molecule has 0 N–H and O–H groups in total. The van der Waals surface area contributed by atoms with Crippen molar-refractivity contribution < 1.29 is 4.74 Å². The Kier molecular flexibility index (Phi) is 4.46. The second kappa shape index (κ2) is 6.90. The van der Waals surface area contributed by atoms with Gasteiger partial charge in [0, 0.05) is 42.8 Å². The Labute approximate surface area is 151 Å². The molecule has 1 fully saturated rings. The number of rotatable bonds is 3. The molecule has 0 bridgehead atoms. The molecule has 2 atom stereocenters. The van der Waals surface area contributed by atoms with Gasteiger partial charge in [0.1, 0.15) is 11.9 Å². The van der Waals surface area contributed by atoms with Gasteiger partial charge in [-0.3, -0.25) is 4.98 Å². The smallest absolute Gasteiger partial charge is 0.163 e. The molecule has 2 unspecified atom stereocenters. The molecule has 0 saturated carbocycles. The summed E-state index contributed by atoms with van der Waals surface area (Å²) in [5.41, 5.74) is 3.12. The molecule has 0 aliphatic carbocycles. The first kappa shape index (κ1) is 16.2. The van der Waals surface area contributed by atoms with E-state index in [0.717, 1.165) is 30.2 Å². The molecule has 3 aromatic rings. The SMILES string of the molecule is Cc1cc(N2CC(C)OC(c3ccsc3)C2)nc(-c2cccnc2)n1. The number of hydrogen-bond donors (Lipinski definition) is 0. The molecule has 128 valence electrons. The second-order valence-corrected chi connectivity index (χ2v) is 7.11. The van der Waals surface area contributed by atoms with E-state index in [1.54, 1.807) is 23.7 Å². The minimum absolute atomic E-state index is 0.0760. The molecule has 1 saturated heterocycles. The Morgan fingerprint density at radius 2 is 2.16 bits per heavy atom. The number of hydrogen-bond acceptors (Lipinski definition) is 6. The first-order valence-electron chi connectivity index (χ1n) is 8.37. The maximum atomic E-state index is 6.14. The molecule has 0 aromatic carbocycles. The van der Waals surface area contributed by atoms with Gasteiger partial charge in [0.2, 0.25) is 0 Å². The quantitative estimate of drug-likeness (QED) is 0.716. The van der Waals surface area contributed by atoms with E-state index in [0.29, 0.717) is 5.82 Å². The zero-order valence-corrected chi connectivity index (χ0v) is 15.1. The Hall–Kier alpha value is -2.31. The summed E-state index contributed by atoms with van der Waals surface area (Å²) in [5.74, 6) is 1.66. The normalized spacial score (nSPS) is 20.6. The standard InChI is InChI=1S/C19H20N4OS/c1-13-8-18(22-19(21-13)15-4-3-6-20-9-15)23-10-14(2)24-17(11-23)16-5-7-25-12-16/h3-9,12,14,17H,10-11H2,1-2H3. The monoisotopic (exact) mass is 352 g/mol. The lowest BCUT2D eigenvalue weighted by molar-refractivity contribution is -0.0174. The first-order chi connectivity index (χ1) is 12.2. The summed E-state index contributed by atoms with van der Waals surface area (Å²) in [6.45, 7) is 5.74. The summed E-state index contributed by atoms with van der Waals surface area (Å²) < 4.78 is 6.14. The van der Waals surface area contributed by atoms with Crippen molar-refractivity contribution in [1.29, 1.82) is 0 Å². The summed E-state index contributed by atoms with van der Waals surface area (Å²) >= 11 is 1.70. The molecule has 25 heavy (non-hydrogen) atoms. The van der Waals surface area contributed by atoms with Gasteiger partial charge in [-0.25, -0.2) is 9.97 Å². The van der Waals surface area contributed by atoms with E-state index in [4.69, 9.17) is 9.72 Å². The molecule has 0 radical (unpaired) electrons. The number of pyridine rings is 1. The van der Waals surface area contributed by atoms with Crippen LogP contribution in [0.4, 0.5) is 5.82 Å².